The third kappa shape index (κ3) is 4.41. The maximum Gasteiger partial charge on any atom is 0.175 e. The Kier molecular flexibility index (Phi) is 5.79. The van der Waals surface area contributed by atoms with E-state index >= 15 is 0 Å². The minimum atomic E-state index is -3.26. The van der Waals surface area contributed by atoms with Crippen LogP contribution in [0.2, 0.25) is 0 Å². The first-order valence-electron chi connectivity index (χ1n) is 9.86. The summed E-state index contributed by atoms with van der Waals surface area (Å²) in [6.07, 6.45) is 7.20. The van der Waals surface area contributed by atoms with Crippen LogP contribution in [-0.2, 0) is 9.84 Å². The molecule has 0 aliphatic heterocycles. The minimum Gasteiger partial charge on any atom is -0.316 e. The molecule has 1 aliphatic rings. The van der Waals surface area contributed by atoms with Crippen LogP contribution in [0.25, 0.3) is 11.0 Å². The molecule has 7 heteroatoms. The number of nitrogens with zero attached hydrogens (tertiary/aromatic N) is 2. The average molecular weight is 429 g/mol. The van der Waals surface area contributed by atoms with Crippen molar-refractivity contribution >= 4 is 38.4 Å². The summed E-state index contributed by atoms with van der Waals surface area (Å²) >= 11 is 1.46. The summed E-state index contributed by atoms with van der Waals surface area (Å²) in [6.45, 7) is 0. The summed E-state index contributed by atoms with van der Waals surface area (Å²) in [7, 11) is -3.26. The Hall–Kier alpha value is -2.12. The van der Waals surface area contributed by atoms with Crippen LogP contribution in [0.4, 0.5) is 0 Å². The molecular weight excluding hydrogens is 404 g/mol. The van der Waals surface area contributed by atoms with Gasteiger partial charge in [-0.05, 0) is 37.1 Å². The van der Waals surface area contributed by atoms with Crippen molar-refractivity contribution in [2.45, 2.75) is 48.2 Å². The Morgan fingerprint density at radius 2 is 1.76 bits per heavy atom. The highest BCUT2D eigenvalue weighted by Gasteiger charge is 2.22. The van der Waals surface area contributed by atoms with Crippen molar-refractivity contribution in [1.82, 2.24) is 9.55 Å². The number of carbonyl (C=O) groups excluding carboxylic acids is 1. The fourth-order valence-corrected chi connectivity index (χ4v) is 5.52. The number of para-hydroxylation sites is 2. The molecule has 2 aromatic carbocycles. The second kappa shape index (κ2) is 8.32. The number of carbonyl (C=O) groups is 1. The molecule has 152 valence electrons. The molecule has 0 atom stereocenters. The van der Waals surface area contributed by atoms with Gasteiger partial charge in [0.2, 0.25) is 0 Å². The number of Topliss-reactive ketones (excluding diaryl/α,β-unsaturated/α-hetero) is 1. The van der Waals surface area contributed by atoms with E-state index in [1.54, 1.807) is 12.1 Å². The molecule has 0 amide bonds. The van der Waals surface area contributed by atoms with Gasteiger partial charge in [-0.1, -0.05) is 55.3 Å². The minimum absolute atomic E-state index is 0.0303. The molecule has 3 aromatic rings. The highest BCUT2D eigenvalue weighted by atomic mass is 32.2. The molecular formula is C22H24N2O3S2. The second-order valence-corrected chi connectivity index (χ2v) is 10.5. The van der Waals surface area contributed by atoms with Gasteiger partial charge < -0.3 is 4.57 Å². The highest BCUT2D eigenvalue weighted by Crippen LogP contribution is 2.35. The summed E-state index contributed by atoms with van der Waals surface area (Å²) in [6, 6.07) is 14.7. The molecule has 0 radical (unpaired) electrons. The number of thioether (sulfide) groups is 1. The van der Waals surface area contributed by atoms with Crippen molar-refractivity contribution in [3.05, 3.63) is 54.1 Å². The topological polar surface area (TPSA) is 69.0 Å². The van der Waals surface area contributed by atoms with Crippen molar-refractivity contribution in [2.75, 3.05) is 12.0 Å². The van der Waals surface area contributed by atoms with E-state index < -0.39 is 9.84 Å². The summed E-state index contributed by atoms with van der Waals surface area (Å²) in [5.41, 5.74) is 2.61. The number of sulfone groups is 1. The van der Waals surface area contributed by atoms with Gasteiger partial charge in [0, 0.05) is 17.9 Å². The number of hydrogen-bond donors (Lipinski definition) is 0. The average Bonchev–Trinajstić information content (AvgIpc) is 3.10. The Bertz CT molecular complexity index is 1130. The van der Waals surface area contributed by atoms with Crippen LogP contribution >= 0.6 is 11.8 Å². The van der Waals surface area contributed by atoms with Crippen LogP contribution in [-0.4, -0.2) is 35.8 Å². The first-order chi connectivity index (χ1) is 13.9. The van der Waals surface area contributed by atoms with Crippen LogP contribution in [0.1, 0.15) is 48.5 Å². The molecule has 4 rings (SSSR count). The summed E-state index contributed by atoms with van der Waals surface area (Å²) < 4.78 is 25.5. The quantitative estimate of drug-likeness (QED) is 0.412. The predicted molar refractivity (Wildman–Crippen MR) is 116 cm³/mol. The highest BCUT2D eigenvalue weighted by molar-refractivity contribution is 7.99. The Labute approximate surface area is 175 Å². The van der Waals surface area contributed by atoms with Gasteiger partial charge in [-0.15, -0.1) is 0 Å². The molecule has 0 spiro atoms. The standard InChI is InChI=1S/C22H24N2O3S2/c1-29(26,27)18-13-11-16(12-14-18)21(25)15-28-22-23-19-9-5-6-10-20(19)24(22)17-7-3-2-4-8-17/h5-6,9-14,17H,2-4,7-8,15H2,1H3. The normalized spacial score (nSPS) is 15.6. The molecule has 0 N–H and O–H groups in total. The molecule has 1 saturated carbocycles. The summed E-state index contributed by atoms with van der Waals surface area (Å²) in [5, 5.41) is 0.888. The van der Waals surface area contributed by atoms with Crippen LogP contribution in [0.5, 0.6) is 0 Å². The van der Waals surface area contributed by atoms with Gasteiger partial charge in [0.05, 0.1) is 21.7 Å². The lowest BCUT2D eigenvalue weighted by molar-refractivity contribution is 0.102. The fourth-order valence-electron chi connectivity index (χ4n) is 3.92. The lowest BCUT2D eigenvalue weighted by Gasteiger charge is -2.25. The van der Waals surface area contributed by atoms with E-state index in [0.717, 1.165) is 35.3 Å². The van der Waals surface area contributed by atoms with Gasteiger partial charge in [-0.2, -0.15) is 0 Å². The molecule has 0 unspecified atom stereocenters. The maximum absolute atomic E-state index is 12.7. The van der Waals surface area contributed by atoms with Crippen LogP contribution < -0.4 is 0 Å². The largest absolute Gasteiger partial charge is 0.316 e. The molecule has 0 bridgehead atoms. The van der Waals surface area contributed by atoms with Crippen LogP contribution in [0.15, 0.2) is 58.6 Å². The SMILES string of the molecule is CS(=O)(=O)c1ccc(C(=O)CSc2nc3ccccc3n2C2CCCCC2)cc1. The van der Waals surface area contributed by atoms with Crippen molar-refractivity contribution in [2.24, 2.45) is 0 Å². The number of aromatic nitrogens is 2. The lowest BCUT2D eigenvalue weighted by atomic mass is 9.95. The number of rotatable bonds is 6. The summed E-state index contributed by atoms with van der Waals surface area (Å²) in [5.74, 6) is 0.242. The molecule has 5 nitrogen and oxygen atoms in total. The van der Waals surface area contributed by atoms with E-state index in [0.29, 0.717) is 11.6 Å². The van der Waals surface area contributed by atoms with Gasteiger partial charge in [-0.25, -0.2) is 13.4 Å². The second-order valence-electron chi connectivity index (χ2n) is 7.55. The number of fused-ring (bicyclic) bond motifs is 1. The van der Waals surface area contributed by atoms with E-state index in [2.05, 4.69) is 10.6 Å². The van der Waals surface area contributed by atoms with E-state index in [1.165, 1.54) is 43.2 Å². The van der Waals surface area contributed by atoms with E-state index in [1.807, 2.05) is 18.2 Å². The number of ketones is 1. The third-order valence-corrected chi connectivity index (χ3v) is 7.52. The van der Waals surface area contributed by atoms with Crippen LogP contribution in [0, 0.1) is 0 Å². The fraction of sp³-hybridized carbons (Fsp3) is 0.364. The number of benzene rings is 2. The molecule has 1 heterocycles. The number of imidazole rings is 1. The third-order valence-electron chi connectivity index (χ3n) is 5.44. The molecule has 1 fully saturated rings. The first-order valence-corrected chi connectivity index (χ1v) is 12.7. The first kappa shape index (κ1) is 20.2. The summed E-state index contributed by atoms with van der Waals surface area (Å²) in [4.78, 5) is 17.7. The zero-order valence-corrected chi connectivity index (χ0v) is 18.0. The van der Waals surface area contributed by atoms with Gasteiger partial charge in [-0.3, -0.25) is 4.79 Å². The molecule has 1 aromatic heterocycles. The monoisotopic (exact) mass is 428 g/mol. The zero-order chi connectivity index (χ0) is 20.4. The Morgan fingerprint density at radius 1 is 1.07 bits per heavy atom. The van der Waals surface area contributed by atoms with Crippen molar-refractivity contribution in [1.29, 1.82) is 0 Å². The Balaban J connectivity index is 1.55. The maximum atomic E-state index is 12.7. The van der Waals surface area contributed by atoms with Crippen molar-refractivity contribution < 1.29 is 13.2 Å². The predicted octanol–water partition coefficient (Wildman–Crippen LogP) is 4.92. The van der Waals surface area contributed by atoms with E-state index in [4.69, 9.17) is 4.98 Å². The van der Waals surface area contributed by atoms with Crippen molar-refractivity contribution in [3.63, 3.8) is 0 Å². The molecule has 1 aliphatic carbocycles. The van der Waals surface area contributed by atoms with Crippen LogP contribution in [0.3, 0.4) is 0 Å². The smallest absolute Gasteiger partial charge is 0.175 e. The Morgan fingerprint density at radius 3 is 2.45 bits per heavy atom. The zero-order valence-electron chi connectivity index (χ0n) is 16.4. The number of hydrogen-bond acceptors (Lipinski definition) is 5. The van der Waals surface area contributed by atoms with Gasteiger partial charge in [0.1, 0.15) is 0 Å². The van der Waals surface area contributed by atoms with E-state index in [9.17, 15) is 13.2 Å². The molecule has 0 saturated heterocycles. The van der Waals surface area contributed by atoms with E-state index in [-0.39, 0.29) is 16.4 Å². The lowest BCUT2D eigenvalue weighted by Crippen LogP contribution is -2.14. The van der Waals surface area contributed by atoms with Gasteiger partial charge in [0.15, 0.2) is 20.8 Å². The van der Waals surface area contributed by atoms with Crippen molar-refractivity contribution in [3.8, 4) is 0 Å². The molecule has 29 heavy (non-hydrogen) atoms. The van der Waals surface area contributed by atoms with Gasteiger partial charge >= 0.3 is 0 Å². The van der Waals surface area contributed by atoms with Gasteiger partial charge in [0.25, 0.3) is 0 Å².